The maximum absolute atomic E-state index is 6.18. The summed E-state index contributed by atoms with van der Waals surface area (Å²) in [6.07, 6.45) is 2.01. The molecule has 0 aliphatic carbocycles. The van der Waals surface area contributed by atoms with E-state index >= 15 is 0 Å². The monoisotopic (exact) mass is 279 g/mol. The molecule has 19 heavy (non-hydrogen) atoms. The van der Waals surface area contributed by atoms with Gasteiger partial charge in [0, 0.05) is 24.8 Å². The van der Waals surface area contributed by atoms with Gasteiger partial charge in [0.05, 0.1) is 17.8 Å². The molecule has 5 heteroatoms. The first-order valence-corrected chi connectivity index (χ1v) is 6.53. The number of imidazole rings is 1. The fourth-order valence-electron chi connectivity index (χ4n) is 2.09. The number of aryl methyl sites for hydroxylation is 2. The fraction of sp³-hybridized carbons (Fsp3) is 0.357. The highest BCUT2D eigenvalue weighted by atomic mass is 35.5. The van der Waals surface area contributed by atoms with Crippen molar-refractivity contribution in [3.63, 3.8) is 0 Å². The van der Waals surface area contributed by atoms with Gasteiger partial charge in [-0.25, -0.2) is 4.98 Å². The average molecular weight is 280 g/mol. The molecule has 0 saturated heterocycles. The van der Waals surface area contributed by atoms with Crippen molar-refractivity contribution in [3.05, 3.63) is 34.7 Å². The van der Waals surface area contributed by atoms with Crippen molar-refractivity contribution < 1.29 is 4.74 Å². The van der Waals surface area contributed by atoms with E-state index in [2.05, 4.69) is 4.98 Å². The van der Waals surface area contributed by atoms with Gasteiger partial charge in [-0.3, -0.25) is 0 Å². The predicted molar refractivity (Wildman–Crippen MR) is 77.8 cm³/mol. The van der Waals surface area contributed by atoms with E-state index in [0.717, 1.165) is 29.2 Å². The van der Waals surface area contributed by atoms with Crippen LogP contribution in [0.2, 0.25) is 5.02 Å². The Morgan fingerprint density at radius 3 is 2.74 bits per heavy atom. The van der Waals surface area contributed by atoms with Gasteiger partial charge in [0.15, 0.2) is 0 Å². The summed E-state index contributed by atoms with van der Waals surface area (Å²) < 4.78 is 7.26. The fourth-order valence-corrected chi connectivity index (χ4v) is 2.33. The Balaban J connectivity index is 2.47. The van der Waals surface area contributed by atoms with Crippen LogP contribution in [0.1, 0.15) is 11.4 Å². The molecular weight excluding hydrogens is 262 g/mol. The molecule has 0 atom stereocenters. The molecule has 0 radical (unpaired) electrons. The van der Waals surface area contributed by atoms with Gasteiger partial charge in [-0.1, -0.05) is 11.6 Å². The number of ether oxygens (including phenoxy) is 1. The normalized spacial score (nSPS) is 10.8. The molecular formula is C14H18ClN3O. The van der Waals surface area contributed by atoms with Crippen molar-refractivity contribution in [1.82, 2.24) is 9.55 Å². The predicted octanol–water partition coefficient (Wildman–Crippen LogP) is 2.79. The first kappa shape index (κ1) is 13.9. The molecule has 0 amide bonds. The zero-order valence-corrected chi connectivity index (χ0v) is 12.2. The number of hydrogen-bond acceptors (Lipinski definition) is 3. The molecule has 0 bridgehead atoms. The van der Waals surface area contributed by atoms with Crippen LogP contribution in [0.3, 0.4) is 0 Å². The van der Waals surface area contributed by atoms with Gasteiger partial charge in [-0.05, 0) is 31.5 Å². The van der Waals surface area contributed by atoms with Gasteiger partial charge >= 0.3 is 0 Å². The van der Waals surface area contributed by atoms with Gasteiger partial charge in [0.2, 0.25) is 0 Å². The smallest absolute Gasteiger partial charge is 0.137 e. The first-order valence-electron chi connectivity index (χ1n) is 6.15. The summed E-state index contributed by atoms with van der Waals surface area (Å²) in [5, 5.41) is 0.592. The lowest BCUT2D eigenvalue weighted by Crippen LogP contribution is -2.10. The standard InChI is InChI=1S/C14H18ClN3O/c1-9-6-14(19-3)12(15)7-11(9)13-8-18(5-4-16)10(2)17-13/h6-8H,4-5,16H2,1-3H3. The molecule has 2 aromatic rings. The molecule has 2 rings (SSSR count). The van der Waals surface area contributed by atoms with Gasteiger partial charge in [0.1, 0.15) is 11.6 Å². The van der Waals surface area contributed by atoms with E-state index < -0.39 is 0 Å². The lowest BCUT2D eigenvalue weighted by Gasteiger charge is -2.08. The van der Waals surface area contributed by atoms with Crippen LogP contribution in [-0.4, -0.2) is 23.2 Å². The molecule has 0 aliphatic heterocycles. The highest BCUT2D eigenvalue weighted by Gasteiger charge is 2.12. The van der Waals surface area contributed by atoms with Crippen LogP contribution < -0.4 is 10.5 Å². The minimum Gasteiger partial charge on any atom is -0.495 e. The molecule has 0 aliphatic rings. The Morgan fingerprint density at radius 1 is 1.37 bits per heavy atom. The third kappa shape index (κ3) is 2.74. The van der Waals surface area contributed by atoms with Gasteiger partial charge in [-0.2, -0.15) is 0 Å². The van der Waals surface area contributed by atoms with Crippen molar-refractivity contribution in [2.24, 2.45) is 5.73 Å². The quantitative estimate of drug-likeness (QED) is 0.936. The summed E-state index contributed by atoms with van der Waals surface area (Å²) in [6, 6.07) is 3.82. The van der Waals surface area contributed by atoms with Crippen molar-refractivity contribution in [3.8, 4) is 17.0 Å². The minimum absolute atomic E-state index is 0.592. The maximum atomic E-state index is 6.18. The Morgan fingerprint density at radius 2 is 2.11 bits per heavy atom. The summed E-state index contributed by atoms with van der Waals surface area (Å²) in [4.78, 5) is 4.56. The Hall–Kier alpha value is -1.52. The van der Waals surface area contributed by atoms with E-state index in [0.29, 0.717) is 17.3 Å². The second kappa shape index (κ2) is 5.63. The molecule has 0 saturated carbocycles. The maximum Gasteiger partial charge on any atom is 0.137 e. The van der Waals surface area contributed by atoms with Crippen LogP contribution in [0.5, 0.6) is 5.75 Å². The summed E-state index contributed by atoms with van der Waals surface area (Å²) in [5.41, 5.74) is 8.59. The Bertz CT molecular complexity index is 593. The van der Waals surface area contributed by atoms with E-state index in [1.807, 2.05) is 36.7 Å². The van der Waals surface area contributed by atoms with Gasteiger partial charge in [-0.15, -0.1) is 0 Å². The molecule has 0 fully saturated rings. The van der Waals surface area contributed by atoms with Crippen LogP contribution in [0, 0.1) is 13.8 Å². The molecule has 1 aromatic carbocycles. The molecule has 2 N–H and O–H groups in total. The number of hydrogen-bond donors (Lipinski definition) is 1. The van der Waals surface area contributed by atoms with Crippen molar-refractivity contribution in [1.29, 1.82) is 0 Å². The van der Waals surface area contributed by atoms with E-state index in [1.54, 1.807) is 7.11 Å². The number of benzene rings is 1. The number of halogens is 1. The first-order chi connectivity index (χ1) is 9.06. The second-order valence-electron chi connectivity index (χ2n) is 4.46. The lowest BCUT2D eigenvalue weighted by molar-refractivity contribution is 0.415. The van der Waals surface area contributed by atoms with Crippen LogP contribution in [0.4, 0.5) is 0 Å². The molecule has 1 aromatic heterocycles. The average Bonchev–Trinajstić information content (AvgIpc) is 2.73. The largest absolute Gasteiger partial charge is 0.495 e. The van der Waals surface area contributed by atoms with Gasteiger partial charge < -0.3 is 15.0 Å². The Labute approximate surface area is 118 Å². The van der Waals surface area contributed by atoms with Crippen LogP contribution in [0.15, 0.2) is 18.3 Å². The second-order valence-corrected chi connectivity index (χ2v) is 4.86. The van der Waals surface area contributed by atoms with E-state index in [1.165, 1.54) is 0 Å². The molecule has 1 heterocycles. The van der Waals surface area contributed by atoms with Crippen molar-refractivity contribution in [2.75, 3.05) is 13.7 Å². The number of nitrogens with zero attached hydrogens (tertiary/aromatic N) is 2. The van der Waals surface area contributed by atoms with E-state index in [9.17, 15) is 0 Å². The summed E-state index contributed by atoms with van der Waals surface area (Å²) in [7, 11) is 1.61. The molecule has 0 unspecified atom stereocenters. The molecule has 4 nitrogen and oxygen atoms in total. The third-order valence-corrected chi connectivity index (χ3v) is 3.42. The van der Waals surface area contributed by atoms with Crippen molar-refractivity contribution >= 4 is 11.6 Å². The highest BCUT2D eigenvalue weighted by Crippen LogP contribution is 2.33. The lowest BCUT2D eigenvalue weighted by atomic mass is 10.1. The van der Waals surface area contributed by atoms with Gasteiger partial charge in [0.25, 0.3) is 0 Å². The van der Waals surface area contributed by atoms with Crippen LogP contribution in [0.25, 0.3) is 11.3 Å². The summed E-state index contributed by atoms with van der Waals surface area (Å²) in [5.74, 6) is 1.63. The Kier molecular flexibility index (Phi) is 4.12. The number of rotatable bonds is 4. The number of methoxy groups -OCH3 is 1. The number of aromatic nitrogens is 2. The van der Waals surface area contributed by atoms with Crippen LogP contribution >= 0.6 is 11.6 Å². The SMILES string of the molecule is COc1cc(C)c(-c2cn(CCN)c(C)n2)cc1Cl. The minimum atomic E-state index is 0.592. The van der Waals surface area contributed by atoms with E-state index in [-0.39, 0.29) is 0 Å². The highest BCUT2D eigenvalue weighted by molar-refractivity contribution is 6.32. The zero-order valence-electron chi connectivity index (χ0n) is 11.4. The number of nitrogens with two attached hydrogens (primary N) is 1. The third-order valence-electron chi connectivity index (χ3n) is 3.12. The van der Waals surface area contributed by atoms with E-state index in [4.69, 9.17) is 22.1 Å². The topological polar surface area (TPSA) is 53.1 Å². The van der Waals surface area contributed by atoms with Crippen LogP contribution in [-0.2, 0) is 6.54 Å². The summed E-state index contributed by atoms with van der Waals surface area (Å²) in [6.45, 7) is 5.35. The zero-order chi connectivity index (χ0) is 14.0. The van der Waals surface area contributed by atoms with Crippen molar-refractivity contribution in [2.45, 2.75) is 20.4 Å². The molecule has 0 spiro atoms. The summed E-state index contributed by atoms with van der Waals surface area (Å²) >= 11 is 6.18. The molecule has 102 valence electrons.